The van der Waals surface area contributed by atoms with E-state index in [1.54, 1.807) is 0 Å². The lowest BCUT2D eigenvalue weighted by molar-refractivity contribution is 0.369. The van der Waals surface area contributed by atoms with E-state index in [0.29, 0.717) is 6.42 Å². The molecule has 0 amide bonds. The Bertz CT molecular complexity index is 599. The smallest absolute Gasteiger partial charge is 0.200 e. The number of hydrogen-bond acceptors (Lipinski definition) is 0. The standard InChI is InChI=1S/C15H13F5Si/c16-11-10(12(17)14(19)15(20)13(11)18)7-4-8-21-9-5-2-1-3-6-9/h1-3,5-6H,4,7-8,21H2. The molecule has 0 spiro atoms. The SMILES string of the molecule is Fc1c(F)c(F)c(CCC[SiH2]c2ccccc2)c(F)c1F. The summed E-state index contributed by atoms with van der Waals surface area (Å²) in [7, 11) is -0.586. The summed E-state index contributed by atoms with van der Waals surface area (Å²) in [5, 5.41) is 1.20. The van der Waals surface area contributed by atoms with Gasteiger partial charge in [-0.2, -0.15) is 0 Å². The van der Waals surface area contributed by atoms with Gasteiger partial charge in [0, 0.05) is 5.56 Å². The zero-order valence-electron chi connectivity index (χ0n) is 11.1. The first-order valence-corrected chi connectivity index (χ1v) is 8.27. The highest BCUT2D eigenvalue weighted by Crippen LogP contribution is 2.24. The van der Waals surface area contributed by atoms with Gasteiger partial charge in [-0.05, 0) is 6.42 Å². The predicted molar refractivity (Wildman–Crippen MR) is 74.0 cm³/mol. The lowest BCUT2D eigenvalue weighted by Gasteiger charge is -2.08. The number of halogens is 5. The quantitative estimate of drug-likeness (QED) is 0.261. The Hall–Kier alpha value is -1.69. The minimum Gasteiger partial charge on any atom is -0.203 e. The molecule has 21 heavy (non-hydrogen) atoms. The third-order valence-corrected chi connectivity index (χ3v) is 5.19. The average Bonchev–Trinajstić information content (AvgIpc) is 2.51. The van der Waals surface area contributed by atoms with E-state index in [-0.39, 0.29) is 6.42 Å². The fourth-order valence-electron chi connectivity index (χ4n) is 2.15. The molecule has 0 aliphatic rings. The lowest BCUT2D eigenvalue weighted by Crippen LogP contribution is -2.13. The fraction of sp³-hybridized carbons (Fsp3) is 0.200. The summed E-state index contributed by atoms with van der Waals surface area (Å²) in [6.07, 6.45) is 0.255. The van der Waals surface area contributed by atoms with Crippen molar-refractivity contribution in [3.05, 3.63) is 65.0 Å². The molecule has 0 aromatic heterocycles. The zero-order chi connectivity index (χ0) is 15.4. The Morgan fingerprint density at radius 1 is 0.714 bits per heavy atom. The van der Waals surface area contributed by atoms with Crippen LogP contribution < -0.4 is 5.19 Å². The van der Waals surface area contributed by atoms with E-state index in [4.69, 9.17) is 0 Å². The van der Waals surface area contributed by atoms with Crippen molar-refractivity contribution >= 4 is 14.7 Å². The second kappa shape index (κ2) is 6.84. The largest absolute Gasteiger partial charge is 0.203 e. The highest BCUT2D eigenvalue weighted by atomic mass is 28.2. The monoisotopic (exact) mass is 316 g/mol. The maximum atomic E-state index is 13.4. The maximum Gasteiger partial charge on any atom is 0.200 e. The van der Waals surface area contributed by atoms with Crippen molar-refractivity contribution in [3.63, 3.8) is 0 Å². The normalized spacial score (nSPS) is 11.5. The van der Waals surface area contributed by atoms with Gasteiger partial charge < -0.3 is 0 Å². The van der Waals surface area contributed by atoms with Crippen molar-refractivity contribution in [2.45, 2.75) is 18.9 Å². The molecule has 0 heterocycles. The topological polar surface area (TPSA) is 0 Å². The van der Waals surface area contributed by atoms with Gasteiger partial charge in [-0.25, -0.2) is 22.0 Å². The zero-order valence-corrected chi connectivity index (χ0v) is 12.5. The van der Waals surface area contributed by atoms with Crippen LogP contribution >= 0.6 is 0 Å². The van der Waals surface area contributed by atoms with Gasteiger partial charge in [0.1, 0.15) is 0 Å². The van der Waals surface area contributed by atoms with Crippen molar-refractivity contribution in [1.82, 2.24) is 0 Å². The molecular weight excluding hydrogens is 303 g/mol. The van der Waals surface area contributed by atoms with Gasteiger partial charge >= 0.3 is 0 Å². The van der Waals surface area contributed by atoms with E-state index in [1.165, 1.54) is 5.19 Å². The fourth-order valence-corrected chi connectivity index (χ4v) is 3.66. The Kier molecular flexibility index (Phi) is 5.11. The number of rotatable bonds is 5. The molecule has 0 fully saturated rings. The number of benzene rings is 2. The van der Waals surface area contributed by atoms with Crippen molar-refractivity contribution in [2.24, 2.45) is 0 Å². The van der Waals surface area contributed by atoms with Crippen molar-refractivity contribution in [2.75, 3.05) is 0 Å². The van der Waals surface area contributed by atoms with Crippen LogP contribution in [0.15, 0.2) is 30.3 Å². The predicted octanol–water partition coefficient (Wildman–Crippen LogP) is 3.23. The highest BCUT2D eigenvalue weighted by Gasteiger charge is 2.24. The van der Waals surface area contributed by atoms with Gasteiger partial charge in [0.2, 0.25) is 5.82 Å². The Balaban J connectivity index is 2.01. The third-order valence-electron chi connectivity index (χ3n) is 3.29. The van der Waals surface area contributed by atoms with Gasteiger partial charge in [-0.3, -0.25) is 0 Å². The van der Waals surface area contributed by atoms with Crippen LogP contribution in [-0.2, 0) is 6.42 Å². The molecule has 2 aromatic carbocycles. The first-order chi connectivity index (χ1) is 10.0. The Labute approximate surface area is 121 Å². The van der Waals surface area contributed by atoms with Crippen LogP contribution in [0.3, 0.4) is 0 Å². The van der Waals surface area contributed by atoms with Crippen molar-refractivity contribution < 1.29 is 22.0 Å². The molecule has 0 radical (unpaired) electrons. The highest BCUT2D eigenvalue weighted by molar-refractivity contribution is 6.53. The van der Waals surface area contributed by atoms with Gasteiger partial charge in [-0.15, -0.1) is 0 Å². The lowest BCUT2D eigenvalue weighted by atomic mass is 10.1. The van der Waals surface area contributed by atoms with Crippen molar-refractivity contribution in [1.29, 1.82) is 0 Å². The molecule has 2 aromatic rings. The maximum absolute atomic E-state index is 13.4. The van der Waals surface area contributed by atoms with Crippen LogP contribution in [0.1, 0.15) is 12.0 Å². The van der Waals surface area contributed by atoms with E-state index >= 15 is 0 Å². The van der Waals surface area contributed by atoms with E-state index < -0.39 is 44.2 Å². The van der Waals surface area contributed by atoms with Gasteiger partial charge in [0.15, 0.2) is 23.3 Å². The molecule has 0 unspecified atom stereocenters. The van der Waals surface area contributed by atoms with Crippen LogP contribution in [0.2, 0.25) is 6.04 Å². The summed E-state index contributed by atoms with van der Waals surface area (Å²) in [6.45, 7) is 0. The van der Waals surface area contributed by atoms with E-state index in [1.807, 2.05) is 30.3 Å². The summed E-state index contributed by atoms with van der Waals surface area (Å²) in [6, 6.07) is 10.4. The van der Waals surface area contributed by atoms with E-state index in [2.05, 4.69) is 0 Å². The van der Waals surface area contributed by atoms with Crippen molar-refractivity contribution in [3.8, 4) is 0 Å². The van der Waals surface area contributed by atoms with Crippen LogP contribution in [-0.4, -0.2) is 9.52 Å². The molecular formula is C15H13F5Si. The van der Waals surface area contributed by atoms with Crippen LogP contribution in [0, 0.1) is 29.1 Å². The molecule has 0 bridgehead atoms. The summed E-state index contributed by atoms with van der Waals surface area (Å²) in [5.41, 5.74) is -0.714. The summed E-state index contributed by atoms with van der Waals surface area (Å²) < 4.78 is 65.8. The summed E-state index contributed by atoms with van der Waals surface area (Å²) in [5.74, 6) is -9.28. The minimum atomic E-state index is -2.10. The van der Waals surface area contributed by atoms with Crippen LogP contribution in [0.4, 0.5) is 22.0 Å². The van der Waals surface area contributed by atoms with Gasteiger partial charge in [-0.1, -0.05) is 48.0 Å². The Morgan fingerprint density at radius 2 is 1.24 bits per heavy atom. The molecule has 2 rings (SSSR count). The van der Waals surface area contributed by atoms with E-state index in [9.17, 15) is 22.0 Å². The molecule has 6 heteroatoms. The molecule has 112 valence electrons. The summed E-state index contributed by atoms with van der Waals surface area (Å²) >= 11 is 0. The van der Waals surface area contributed by atoms with Gasteiger partial charge in [0.25, 0.3) is 0 Å². The third kappa shape index (κ3) is 3.50. The van der Waals surface area contributed by atoms with E-state index in [0.717, 1.165) is 6.04 Å². The number of hydrogen-bond donors (Lipinski definition) is 0. The molecule has 0 aliphatic heterocycles. The molecule has 0 aliphatic carbocycles. The Morgan fingerprint density at radius 3 is 1.81 bits per heavy atom. The van der Waals surface area contributed by atoms with Crippen LogP contribution in [0.5, 0.6) is 0 Å². The first-order valence-electron chi connectivity index (χ1n) is 6.56. The average molecular weight is 316 g/mol. The molecule has 0 N–H and O–H groups in total. The first kappa shape index (κ1) is 15.7. The molecule has 0 atom stereocenters. The minimum absolute atomic E-state index is 0.147. The second-order valence-corrected chi connectivity index (χ2v) is 6.76. The van der Waals surface area contributed by atoms with Crippen LogP contribution in [0.25, 0.3) is 0 Å². The molecule has 0 nitrogen and oxygen atoms in total. The molecule has 0 saturated heterocycles. The molecule has 0 saturated carbocycles. The van der Waals surface area contributed by atoms with Gasteiger partial charge in [0.05, 0.1) is 9.52 Å². The summed E-state index contributed by atoms with van der Waals surface area (Å²) in [4.78, 5) is 0. The second-order valence-electron chi connectivity index (χ2n) is 4.74.